The Kier molecular flexibility index (Phi) is 6.89. The van der Waals surface area contributed by atoms with Gasteiger partial charge < -0.3 is 14.7 Å². The Morgan fingerprint density at radius 1 is 1.26 bits per heavy atom. The van der Waals surface area contributed by atoms with E-state index < -0.39 is 0 Å². The number of carbonyl (C=O) groups excluding carboxylic acids is 1. The van der Waals surface area contributed by atoms with Crippen molar-refractivity contribution in [1.29, 1.82) is 0 Å². The minimum Gasteiger partial charge on any atom is -0.484 e. The molecule has 0 radical (unpaired) electrons. The Bertz CT molecular complexity index is 381. The van der Waals surface area contributed by atoms with Gasteiger partial charge in [-0.3, -0.25) is 4.79 Å². The lowest BCUT2D eigenvalue weighted by atomic mass is 10.2. The minimum absolute atomic E-state index is 0.0534. The van der Waals surface area contributed by atoms with Crippen LogP contribution in [0.25, 0.3) is 0 Å². The summed E-state index contributed by atoms with van der Waals surface area (Å²) in [6.07, 6.45) is 2.51. The maximum atomic E-state index is 12.7. The van der Waals surface area contributed by atoms with E-state index in [0.717, 1.165) is 19.3 Å². The van der Waals surface area contributed by atoms with Gasteiger partial charge in [-0.25, -0.2) is 4.39 Å². The fourth-order valence-electron chi connectivity index (χ4n) is 1.55. The lowest BCUT2D eigenvalue weighted by molar-refractivity contribution is -0.132. The Hall–Kier alpha value is -1.62. The summed E-state index contributed by atoms with van der Waals surface area (Å²) in [6.45, 7) is 0.777. The lowest BCUT2D eigenvalue weighted by Crippen LogP contribution is -2.32. The molecule has 1 N–H and O–H groups in total. The summed E-state index contributed by atoms with van der Waals surface area (Å²) in [4.78, 5) is 13.3. The molecule has 0 saturated carbocycles. The molecule has 5 heteroatoms. The zero-order valence-corrected chi connectivity index (χ0v) is 11.1. The second-order valence-electron chi connectivity index (χ2n) is 4.34. The number of benzene rings is 1. The largest absolute Gasteiger partial charge is 0.484 e. The highest BCUT2D eigenvalue weighted by molar-refractivity contribution is 5.77. The molecule has 0 aliphatic rings. The third-order valence-electron chi connectivity index (χ3n) is 2.75. The molecule has 0 saturated heterocycles. The molecule has 4 nitrogen and oxygen atoms in total. The number of halogens is 1. The molecule has 0 fully saturated rings. The van der Waals surface area contributed by atoms with E-state index in [4.69, 9.17) is 9.84 Å². The summed E-state index contributed by atoms with van der Waals surface area (Å²) in [5, 5.41) is 8.64. The van der Waals surface area contributed by atoms with Crippen LogP contribution in [0.15, 0.2) is 24.3 Å². The van der Waals surface area contributed by atoms with Crippen LogP contribution in [-0.4, -0.2) is 42.7 Å². The molecular weight excluding hydrogens is 249 g/mol. The van der Waals surface area contributed by atoms with Crippen LogP contribution in [-0.2, 0) is 4.79 Å². The van der Waals surface area contributed by atoms with Crippen LogP contribution >= 0.6 is 0 Å². The number of likely N-dealkylation sites (N-methyl/N-ethyl adjacent to an activating group) is 1. The number of aliphatic hydroxyl groups excluding tert-OH is 1. The molecular formula is C14H20FNO3. The highest BCUT2D eigenvalue weighted by atomic mass is 19.1. The highest BCUT2D eigenvalue weighted by Gasteiger charge is 2.09. The number of ether oxygens (including phenoxy) is 1. The van der Waals surface area contributed by atoms with Gasteiger partial charge in [-0.2, -0.15) is 0 Å². The fraction of sp³-hybridized carbons (Fsp3) is 0.500. The van der Waals surface area contributed by atoms with Gasteiger partial charge in [0.2, 0.25) is 0 Å². The van der Waals surface area contributed by atoms with Gasteiger partial charge in [0.25, 0.3) is 5.91 Å². The molecule has 1 aromatic rings. The predicted octanol–water partition coefficient (Wildman–Crippen LogP) is 1.83. The van der Waals surface area contributed by atoms with Crippen LogP contribution in [0.2, 0.25) is 0 Å². The van der Waals surface area contributed by atoms with Crippen molar-refractivity contribution in [3.05, 3.63) is 30.1 Å². The van der Waals surface area contributed by atoms with E-state index in [1.807, 2.05) is 0 Å². The standard InChI is InChI=1S/C14H20FNO3/c1-16(9-3-2-4-10-17)14(18)11-19-13-7-5-12(15)6-8-13/h5-8,17H,2-4,9-11H2,1H3. The molecule has 0 aromatic heterocycles. The van der Waals surface area contributed by atoms with E-state index in [1.54, 1.807) is 11.9 Å². The Morgan fingerprint density at radius 3 is 2.58 bits per heavy atom. The summed E-state index contributed by atoms with van der Waals surface area (Å²) in [6, 6.07) is 5.56. The van der Waals surface area contributed by atoms with Gasteiger partial charge in [0.1, 0.15) is 11.6 Å². The topological polar surface area (TPSA) is 49.8 Å². The number of hydrogen-bond donors (Lipinski definition) is 1. The Morgan fingerprint density at radius 2 is 1.95 bits per heavy atom. The van der Waals surface area contributed by atoms with Crippen molar-refractivity contribution in [1.82, 2.24) is 4.90 Å². The second kappa shape index (κ2) is 8.48. The fourth-order valence-corrected chi connectivity index (χ4v) is 1.55. The summed E-state index contributed by atoms with van der Waals surface area (Å²) in [7, 11) is 1.72. The number of aliphatic hydroxyl groups is 1. The van der Waals surface area contributed by atoms with Gasteiger partial charge in [0.05, 0.1) is 0 Å². The van der Waals surface area contributed by atoms with E-state index >= 15 is 0 Å². The monoisotopic (exact) mass is 269 g/mol. The van der Waals surface area contributed by atoms with Crippen LogP contribution in [0.5, 0.6) is 5.75 Å². The maximum absolute atomic E-state index is 12.7. The zero-order chi connectivity index (χ0) is 14.1. The SMILES string of the molecule is CN(CCCCCO)C(=O)COc1ccc(F)cc1. The van der Waals surface area contributed by atoms with E-state index in [9.17, 15) is 9.18 Å². The van der Waals surface area contributed by atoms with E-state index in [2.05, 4.69) is 0 Å². The van der Waals surface area contributed by atoms with Crippen molar-refractivity contribution in [2.45, 2.75) is 19.3 Å². The summed E-state index contributed by atoms with van der Waals surface area (Å²) in [5.74, 6) is 0.0245. The molecule has 0 spiro atoms. The van der Waals surface area contributed by atoms with E-state index in [-0.39, 0.29) is 24.9 Å². The molecule has 0 heterocycles. The first-order chi connectivity index (χ1) is 9.13. The molecule has 106 valence electrons. The molecule has 1 rings (SSSR count). The predicted molar refractivity (Wildman–Crippen MR) is 70.5 cm³/mol. The molecule has 0 atom stereocenters. The quantitative estimate of drug-likeness (QED) is 0.732. The van der Waals surface area contributed by atoms with E-state index in [1.165, 1.54) is 24.3 Å². The number of unbranched alkanes of at least 4 members (excludes halogenated alkanes) is 2. The zero-order valence-electron chi connectivity index (χ0n) is 11.1. The summed E-state index contributed by atoms with van der Waals surface area (Å²) in [5.41, 5.74) is 0. The van der Waals surface area contributed by atoms with Crippen molar-refractivity contribution >= 4 is 5.91 Å². The Labute approximate surface area is 112 Å². The van der Waals surface area contributed by atoms with Crippen LogP contribution < -0.4 is 4.74 Å². The molecule has 0 unspecified atom stereocenters. The van der Waals surface area contributed by atoms with Gasteiger partial charge in [-0.1, -0.05) is 0 Å². The normalized spacial score (nSPS) is 10.3. The highest BCUT2D eigenvalue weighted by Crippen LogP contribution is 2.11. The first-order valence-electron chi connectivity index (χ1n) is 6.36. The van der Waals surface area contributed by atoms with Crippen molar-refractivity contribution in [3.63, 3.8) is 0 Å². The number of hydrogen-bond acceptors (Lipinski definition) is 3. The maximum Gasteiger partial charge on any atom is 0.260 e. The number of rotatable bonds is 8. The number of amides is 1. The van der Waals surface area contributed by atoms with Crippen LogP contribution in [0, 0.1) is 5.82 Å². The number of nitrogens with zero attached hydrogens (tertiary/aromatic N) is 1. The van der Waals surface area contributed by atoms with Crippen molar-refractivity contribution in [2.75, 3.05) is 26.8 Å². The third-order valence-corrected chi connectivity index (χ3v) is 2.75. The minimum atomic E-state index is -0.334. The second-order valence-corrected chi connectivity index (χ2v) is 4.34. The number of carbonyl (C=O) groups is 1. The van der Waals surface area contributed by atoms with Gasteiger partial charge in [0, 0.05) is 20.2 Å². The third kappa shape index (κ3) is 6.20. The first-order valence-corrected chi connectivity index (χ1v) is 6.36. The molecule has 1 amide bonds. The molecule has 19 heavy (non-hydrogen) atoms. The smallest absolute Gasteiger partial charge is 0.260 e. The average molecular weight is 269 g/mol. The van der Waals surface area contributed by atoms with Crippen LogP contribution in [0.3, 0.4) is 0 Å². The van der Waals surface area contributed by atoms with Crippen molar-refractivity contribution in [3.8, 4) is 5.75 Å². The van der Waals surface area contributed by atoms with Crippen molar-refractivity contribution in [2.24, 2.45) is 0 Å². The molecule has 1 aromatic carbocycles. The molecule has 0 bridgehead atoms. The first kappa shape index (κ1) is 15.4. The van der Waals surface area contributed by atoms with Gasteiger partial charge >= 0.3 is 0 Å². The van der Waals surface area contributed by atoms with Gasteiger partial charge in [-0.15, -0.1) is 0 Å². The van der Waals surface area contributed by atoms with E-state index in [0.29, 0.717) is 12.3 Å². The lowest BCUT2D eigenvalue weighted by Gasteiger charge is -2.17. The summed E-state index contributed by atoms with van der Waals surface area (Å²) >= 11 is 0. The molecule has 0 aliphatic carbocycles. The van der Waals surface area contributed by atoms with Gasteiger partial charge in [-0.05, 0) is 43.5 Å². The van der Waals surface area contributed by atoms with Crippen LogP contribution in [0.1, 0.15) is 19.3 Å². The average Bonchev–Trinajstić information content (AvgIpc) is 2.42. The Balaban J connectivity index is 2.24. The van der Waals surface area contributed by atoms with Crippen molar-refractivity contribution < 1.29 is 19.0 Å². The van der Waals surface area contributed by atoms with Crippen LogP contribution in [0.4, 0.5) is 4.39 Å². The summed E-state index contributed by atoms with van der Waals surface area (Å²) < 4.78 is 17.9. The van der Waals surface area contributed by atoms with Gasteiger partial charge in [0.15, 0.2) is 6.61 Å². The molecule has 0 aliphatic heterocycles.